The average molecular weight is 430 g/mol. The number of amides is 1. The Kier molecular flexibility index (Phi) is 4.91. The molecule has 0 bridgehead atoms. The van der Waals surface area contributed by atoms with Gasteiger partial charge in [-0.1, -0.05) is 12.1 Å². The Morgan fingerprint density at radius 2 is 2.03 bits per heavy atom. The first kappa shape index (κ1) is 19.9. The Labute approximate surface area is 184 Å². The number of primary amides is 1. The number of imidazole rings is 1. The van der Waals surface area contributed by atoms with Crippen molar-refractivity contribution in [3.8, 4) is 11.6 Å². The van der Waals surface area contributed by atoms with Crippen LogP contribution in [0.15, 0.2) is 42.7 Å². The first-order valence-electron chi connectivity index (χ1n) is 10.2. The molecule has 10 heteroatoms. The van der Waals surface area contributed by atoms with E-state index in [-0.39, 0.29) is 17.5 Å². The third kappa shape index (κ3) is 3.50. The second kappa shape index (κ2) is 7.89. The maximum absolute atomic E-state index is 12.0. The zero-order valence-corrected chi connectivity index (χ0v) is 17.7. The monoisotopic (exact) mass is 430 g/mol. The summed E-state index contributed by atoms with van der Waals surface area (Å²) in [6.07, 6.45) is 2.55. The number of nitrogens with two attached hydrogens (primary N) is 1. The number of ether oxygens (including phenoxy) is 1. The fourth-order valence-corrected chi connectivity index (χ4v) is 3.94. The number of rotatable bonds is 5. The smallest absolute Gasteiger partial charge is 0.273 e. The van der Waals surface area contributed by atoms with Crippen LogP contribution in [0, 0.1) is 0 Å². The number of carbonyl (C=O) groups excluding carboxylic acids is 1. The molecule has 2 aromatic heterocycles. The topological polar surface area (TPSA) is 124 Å². The first-order valence-corrected chi connectivity index (χ1v) is 10.2. The summed E-state index contributed by atoms with van der Waals surface area (Å²) < 4.78 is 7.27. The molecule has 2 aromatic carbocycles. The number of anilines is 2. The fraction of sp³-hybridized carbons (Fsp3) is 0.227. The highest BCUT2D eigenvalue weighted by molar-refractivity contribution is 5.94. The van der Waals surface area contributed by atoms with E-state index in [9.17, 15) is 4.79 Å². The highest BCUT2D eigenvalue weighted by atomic mass is 16.5. The van der Waals surface area contributed by atoms with Crippen LogP contribution in [0.5, 0.6) is 5.75 Å². The molecule has 0 unspecified atom stereocenters. The minimum Gasteiger partial charge on any atom is -0.495 e. The van der Waals surface area contributed by atoms with E-state index < -0.39 is 5.91 Å². The molecule has 32 heavy (non-hydrogen) atoms. The number of fused-ring (bicyclic) bond motifs is 2. The molecule has 3 N–H and O–H groups in total. The molecule has 10 nitrogen and oxygen atoms in total. The maximum atomic E-state index is 12.0. The second-order valence-corrected chi connectivity index (χ2v) is 7.71. The van der Waals surface area contributed by atoms with E-state index in [1.165, 1.54) is 11.1 Å². The molecule has 0 fully saturated rings. The van der Waals surface area contributed by atoms with Crippen LogP contribution in [0.4, 0.5) is 11.6 Å². The third-order valence-electron chi connectivity index (χ3n) is 5.55. The van der Waals surface area contributed by atoms with Gasteiger partial charge in [0.15, 0.2) is 11.5 Å². The SMILES string of the molecule is COc1cc2c(cc1Nc1nnc(C(N)=O)c(-n3cnc4ccccc43)n1)CN(C)CC2. The van der Waals surface area contributed by atoms with E-state index in [2.05, 4.69) is 37.4 Å². The van der Waals surface area contributed by atoms with Crippen LogP contribution in [-0.4, -0.2) is 56.2 Å². The molecule has 5 rings (SSSR count). The number of likely N-dealkylation sites (N-methyl/N-ethyl adjacent to an activating group) is 1. The predicted molar refractivity (Wildman–Crippen MR) is 119 cm³/mol. The third-order valence-corrected chi connectivity index (χ3v) is 5.55. The van der Waals surface area contributed by atoms with E-state index >= 15 is 0 Å². The Morgan fingerprint density at radius 3 is 2.84 bits per heavy atom. The number of nitrogens with one attached hydrogen (secondary N) is 1. The molecule has 0 saturated carbocycles. The molecular formula is C22H22N8O2. The number of methoxy groups -OCH3 is 1. The zero-order chi connectivity index (χ0) is 22.2. The maximum Gasteiger partial charge on any atom is 0.273 e. The quantitative estimate of drug-likeness (QED) is 0.493. The van der Waals surface area contributed by atoms with E-state index in [0.717, 1.165) is 36.2 Å². The van der Waals surface area contributed by atoms with Crippen molar-refractivity contribution >= 4 is 28.6 Å². The largest absolute Gasteiger partial charge is 0.495 e. The van der Waals surface area contributed by atoms with Gasteiger partial charge in [-0.2, -0.15) is 4.98 Å². The van der Waals surface area contributed by atoms with Gasteiger partial charge in [0.2, 0.25) is 5.95 Å². The summed E-state index contributed by atoms with van der Waals surface area (Å²) >= 11 is 0. The summed E-state index contributed by atoms with van der Waals surface area (Å²) in [6.45, 7) is 1.85. The highest BCUT2D eigenvalue weighted by Crippen LogP contribution is 2.33. The van der Waals surface area contributed by atoms with Crippen molar-refractivity contribution in [2.24, 2.45) is 5.73 Å². The summed E-state index contributed by atoms with van der Waals surface area (Å²) in [5.41, 5.74) is 10.2. The number of para-hydroxylation sites is 2. The van der Waals surface area contributed by atoms with Crippen LogP contribution in [0.1, 0.15) is 21.6 Å². The molecule has 162 valence electrons. The van der Waals surface area contributed by atoms with Gasteiger partial charge in [0.25, 0.3) is 5.91 Å². The fourth-order valence-electron chi connectivity index (χ4n) is 3.94. The highest BCUT2D eigenvalue weighted by Gasteiger charge is 2.20. The predicted octanol–water partition coefficient (Wildman–Crippen LogP) is 2.05. The Bertz CT molecular complexity index is 1330. The zero-order valence-electron chi connectivity index (χ0n) is 17.7. The number of hydrogen-bond acceptors (Lipinski definition) is 8. The minimum absolute atomic E-state index is 0.0438. The molecular weight excluding hydrogens is 408 g/mol. The van der Waals surface area contributed by atoms with Gasteiger partial charge in [0, 0.05) is 13.1 Å². The molecule has 1 aliphatic heterocycles. The van der Waals surface area contributed by atoms with E-state index in [1.807, 2.05) is 36.4 Å². The lowest BCUT2D eigenvalue weighted by atomic mass is 9.99. The normalized spacial score (nSPS) is 13.7. The van der Waals surface area contributed by atoms with Gasteiger partial charge in [-0.15, -0.1) is 10.2 Å². The van der Waals surface area contributed by atoms with E-state index in [0.29, 0.717) is 5.75 Å². The van der Waals surface area contributed by atoms with E-state index in [1.54, 1.807) is 18.0 Å². The molecule has 0 saturated heterocycles. The number of aromatic nitrogens is 5. The van der Waals surface area contributed by atoms with Crippen molar-refractivity contribution in [3.63, 3.8) is 0 Å². The molecule has 0 aliphatic carbocycles. The van der Waals surface area contributed by atoms with Gasteiger partial charge in [0.1, 0.15) is 12.1 Å². The molecule has 3 heterocycles. The lowest BCUT2D eigenvalue weighted by Gasteiger charge is -2.26. The Balaban J connectivity index is 1.58. The van der Waals surface area contributed by atoms with Gasteiger partial charge in [-0.25, -0.2) is 4.98 Å². The Morgan fingerprint density at radius 1 is 1.19 bits per heavy atom. The number of nitrogens with zero attached hydrogens (tertiary/aromatic N) is 6. The minimum atomic E-state index is -0.723. The lowest BCUT2D eigenvalue weighted by Crippen LogP contribution is -2.26. The first-order chi connectivity index (χ1) is 15.5. The van der Waals surface area contributed by atoms with Crippen LogP contribution in [0.2, 0.25) is 0 Å². The van der Waals surface area contributed by atoms with Crippen LogP contribution in [0.25, 0.3) is 16.9 Å². The molecule has 1 aliphatic rings. The number of hydrogen-bond donors (Lipinski definition) is 2. The van der Waals surface area contributed by atoms with Crippen molar-refractivity contribution in [2.75, 3.05) is 26.0 Å². The molecule has 0 radical (unpaired) electrons. The van der Waals surface area contributed by atoms with E-state index in [4.69, 9.17) is 10.5 Å². The van der Waals surface area contributed by atoms with Crippen LogP contribution in [0.3, 0.4) is 0 Å². The summed E-state index contributed by atoms with van der Waals surface area (Å²) in [5, 5.41) is 11.3. The van der Waals surface area contributed by atoms with Crippen LogP contribution < -0.4 is 15.8 Å². The van der Waals surface area contributed by atoms with Crippen molar-refractivity contribution < 1.29 is 9.53 Å². The van der Waals surface area contributed by atoms with Crippen molar-refractivity contribution in [1.82, 2.24) is 29.6 Å². The molecule has 0 spiro atoms. The standard InChI is InChI=1S/C22H22N8O2/c1-29-8-7-13-10-18(32-2)16(9-14(13)11-29)25-22-26-21(19(20(23)31)27-28-22)30-12-24-15-5-3-4-6-17(15)30/h3-6,9-10,12H,7-8,11H2,1-2H3,(H2,23,31)(H,25,26,28). The van der Waals surface area contributed by atoms with Crippen molar-refractivity contribution in [3.05, 3.63) is 59.5 Å². The summed E-state index contributed by atoms with van der Waals surface area (Å²) in [7, 11) is 3.72. The van der Waals surface area contributed by atoms with Crippen LogP contribution >= 0.6 is 0 Å². The summed E-state index contributed by atoms with van der Waals surface area (Å²) in [4.78, 5) is 23.2. The number of carbonyl (C=O) groups is 1. The van der Waals surface area contributed by atoms with Crippen molar-refractivity contribution in [2.45, 2.75) is 13.0 Å². The molecule has 1 amide bonds. The number of benzene rings is 2. The van der Waals surface area contributed by atoms with Gasteiger partial charge in [-0.05, 0) is 48.9 Å². The second-order valence-electron chi connectivity index (χ2n) is 7.71. The van der Waals surface area contributed by atoms with Crippen LogP contribution in [-0.2, 0) is 13.0 Å². The van der Waals surface area contributed by atoms with Crippen molar-refractivity contribution in [1.29, 1.82) is 0 Å². The van der Waals surface area contributed by atoms with Gasteiger partial charge >= 0.3 is 0 Å². The average Bonchev–Trinajstić information content (AvgIpc) is 3.22. The van der Waals surface area contributed by atoms with Gasteiger partial charge < -0.3 is 20.7 Å². The lowest BCUT2D eigenvalue weighted by molar-refractivity contribution is 0.0994. The Hall–Kier alpha value is -4.05. The molecule has 0 atom stereocenters. The molecule has 4 aromatic rings. The van der Waals surface area contributed by atoms with Gasteiger partial charge in [0.05, 0.1) is 23.8 Å². The summed E-state index contributed by atoms with van der Waals surface area (Å²) in [5.74, 6) is 0.426. The summed E-state index contributed by atoms with van der Waals surface area (Å²) in [6, 6.07) is 11.6. The van der Waals surface area contributed by atoms with Gasteiger partial charge in [-0.3, -0.25) is 9.36 Å².